The molecule has 6 nitrogen and oxygen atoms in total. The van der Waals surface area contributed by atoms with E-state index >= 15 is 0 Å². The lowest BCUT2D eigenvalue weighted by Crippen LogP contribution is -2.12. The fourth-order valence-electron chi connectivity index (χ4n) is 2.76. The average Bonchev–Trinajstić information content (AvgIpc) is 3.01. The van der Waals surface area contributed by atoms with Gasteiger partial charge in [0, 0.05) is 42.7 Å². The van der Waals surface area contributed by atoms with Gasteiger partial charge in [0.2, 0.25) is 0 Å². The first-order chi connectivity index (χ1) is 11.8. The topological polar surface area (TPSA) is 63.5 Å². The van der Waals surface area contributed by atoms with Gasteiger partial charge < -0.3 is 15.4 Å². The number of halogens is 1. The summed E-state index contributed by atoms with van der Waals surface area (Å²) in [6.07, 6.45) is 4.36. The van der Waals surface area contributed by atoms with Gasteiger partial charge >= 0.3 is 0 Å². The van der Waals surface area contributed by atoms with Crippen molar-refractivity contribution in [2.24, 2.45) is 0 Å². The van der Waals surface area contributed by atoms with E-state index in [0.29, 0.717) is 36.5 Å². The van der Waals surface area contributed by atoms with Crippen LogP contribution in [-0.2, 0) is 4.74 Å². The summed E-state index contributed by atoms with van der Waals surface area (Å²) < 4.78 is 21.6. The van der Waals surface area contributed by atoms with E-state index in [1.165, 1.54) is 6.07 Å². The zero-order chi connectivity index (χ0) is 16.4. The molecule has 0 radical (unpaired) electrons. The Hall–Kier alpha value is -2.67. The van der Waals surface area contributed by atoms with Gasteiger partial charge in [-0.05, 0) is 30.7 Å². The molecule has 0 atom stereocenters. The summed E-state index contributed by atoms with van der Waals surface area (Å²) in [6, 6.07) is 6.83. The van der Waals surface area contributed by atoms with Crippen LogP contribution in [-0.4, -0.2) is 40.9 Å². The highest BCUT2D eigenvalue weighted by atomic mass is 19.1. The molecular weight excluding hydrogens is 309 g/mol. The Balaban J connectivity index is 1.82. The number of nitrogens with zero attached hydrogens (tertiary/aromatic N) is 3. The SMILES string of the molecule is Fc1ccc2cc1-c1cnn3ccc(nc13)NCCCOCCN2. The number of anilines is 2. The van der Waals surface area contributed by atoms with E-state index in [9.17, 15) is 4.39 Å². The van der Waals surface area contributed by atoms with Gasteiger partial charge in [-0.2, -0.15) is 5.10 Å². The van der Waals surface area contributed by atoms with Crippen molar-refractivity contribution in [1.29, 1.82) is 0 Å². The van der Waals surface area contributed by atoms with E-state index in [2.05, 4.69) is 20.7 Å². The first-order valence-corrected chi connectivity index (χ1v) is 8.01. The zero-order valence-corrected chi connectivity index (χ0v) is 13.1. The smallest absolute Gasteiger partial charge is 0.165 e. The molecule has 1 aromatic carbocycles. The second-order valence-electron chi connectivity index (χ2n) is 5.65. The van der Waals surface area contributed by atoms with E-state index in [0.717, 1.165) is 24.5 Å². The molecule has 2 N–H and O–H groups in total. The van der Waals surface area contributed by atoms with Crippen LogP contribution in [0.3, 0.4) is 0 Å². The summed E-state index contributed by atoms with van der Waals surface area (Å²) in [5.74, 6) is 0.449. The van der Waals surface area contributed by atoms with Crippen molar-refractivity contribution < 1.29 is 9.13 Å². The number of aromatic nitrogens is 3. The normalized spacial score (nSPS) is 15.4. The number of hydrogen-bond acceptors (Lipinski definition) is 5. The van der Waals surface area contributed by atoms with Crippen LogP contribution >= 0.6 is 0 Å². The Morgan fingerprint density at radius 2 is 2.04 bits per heavy atom. The van der Waals surface area contributed by atoms with E-state index < -0.39 is 0 Å². The largest absolute Gasteiger partial charge is 0.383 e. The van der Waals surface area contributed by atoms with Gasteiger partial charge in [-0.15, -0.1) is 0 Å². The van der Waals surface area contributed by atoms with Crippen molar-refractivity contribution in [2.45, 2.75) is 6.42 Å². The Morgan fingerprint density at radius 3 is 3.00 bits per heavy atom. The molecule has 0 aliphatic carbocycles. The van der Waals surface area contributed by atoms with Crippen molar-refractivity contribution >= 4 is 17.2 Å². The third-order valence-electron chi connectivity index (χ3n) is 3.97. The maximum absolute atomic E-state index is 14.4. The second kappa shape index (κ2) is 6.45. The molecular formula is C17H18FN5O. The standard InChI is InChI=1S/C17H18FN5O/c18-15-3-2-12-10-13(15)14-11-21-23-7-4-16(22-17(14)23)20-5-1-8-24-9-6-19-12/h2-4,7,10-11,19H,1,5-6,8-9H2,(H,20,22). The lowest BCUT2D eigenvalue weighted by molar-refractivity contribution is 0.143. The average molecular weight is 327 g/mol. The highest BCUT2D eigenvalue weighted by Crippen LogP contribution is 2.29. The molecule has 1 aliphatic rings. The highest BCUT2D eigenvalue weighted by molar-refractivity contribution is 5.80. The monoisotopic (exact) mass is 327 g/mol. The highest BCUT2D eigenvalue weighted by Gasteiger charge is 2.14. The molecule has 0 amide bonds. The van der Waals surface area contributed by atoms with Crippen molar-refractivity contribution in [3.63, 3.8) is 0 Å². The summed E-state index contributed by atoms with van der Waals surface area (Å²) in [5, 5.41) is 10.8. The van der Waals surface area contributed by atoms with Crippen LogP contribution < -0.4 is 10.6 Å². The zero-order valence-electron chi connectivity index (χ0n) is 13.1. The predicted octanol–water partition coefficient (Wildman–Crippen LogP) is 2.78. The number of rotatable bonds is 0. The van der Waals surface area contributed by atoms with E-state index in [4.69, 9.17) is 4.74 Å². The number of ether oxygens (including phenoxy) is 1. The minimum absolute atomic E-state index is 0.295. The minimum atomic E-state index is -0.295. The molecule has 4 bridgehead atoms. The summed E-state index contributed by atoms with van der Waals surface area (Å²) in [6.45, 7) is 2.73. The first-order valence-electron chi connectivity index (χ1n) is 8.01. The molecule has 24 heavy (non-hydrogen) atoms. The summed E-state index contributed by atoms with van der Waals surface area (Å²) in [4.78, 5) is 4.58. The van der Waals surface area contributed by atoms with Crippen LogP contribution in [0.5, 0.6) is 0 Å². The van der Waals surface area contributed by atoms with Gasteiger partial charge in [-0.3, -0.25) is 0 Å². The predicted molar refractivity (Wildman–Crippen MR) is 90.8 cm³/mol. The molecule has 124 valence electrons. The van der Waals surface area contributed by atoms with Crippen LogP contribution in [0.2, 0.25) is 0 Å². The number of fused-ring (bicyclic) bond motifs is 4. The second-order valence-corrected chi connectivity index (χ2v) is 5.65. The van der Waals surface area contributed by atoms with E-state index in [-0.39, 0.29) is 5.82 Å². The van der Waals surface area contributed by atoms with Gasteiger partial charge in [0.15, 0.2) is 5.65 Å². The van der Waals surface area contributed by atoms with Gasteiger partial charge in [-0.1, -0.05) is 0 Å². The Bertz CT molecular complexity index is 863. The quantitative estimate of drug-likeness (QED) is 0.665. The van der Waals surface area contributed by atoms with Crippen LogP contribution in [0.15, 0.2) is 36.7 Å². The van der Waals surface area contributed by atoms with Crippen LogP contribution in [0.4, 0.5) is 15.9 Å². The van der Waals surface area contributed by atoms with Gasteiger partial charge in [0.1, 0.15) is 11.6 Å². The van der Waals surface area contributed by atoms with Gasteiger partial charge in [0.05, 0.1) is 12.8 Å². The Labute approximate surface area is 138 Å². The van der Waals surface area contributed by atoms with Gasteiger partial charge in [-0.25, -0.2) is 13.9 Å². The summed E-state index contributed by atoms with van der Waals surface area (Å²) in [7, 11) is 0. The molecule has 0 unspecified atom stereocenters. The van der Waals surface area contributed by atoms with Crippen molar-refractivity contribution in [2.75, 3.05) is 36.9 Å². The molecule has 1 aliphatic heterocycles. The lowest BCUT2D eigenvalue weighted by atomic mass is 10.1. The van der Waals surface area contributed by atoms with Crippen LogP contribution in [0.1, 0.15) is 6.42 Å². The summed E-state index contributed by atoms with van der Waals surface area (Å²) in [5.41, 5.74) is 2.63. The van der Waals surface area contributed by atoms with Gasteiger partial charge in [0.25, 0.3) is 0 Å². The van der Waals surface area contributed by atoms with Crippen molar-refractivity contribution in [3.05, 3.63) is 42.5 Å². The minimum Gasteiger partial charge on any atom is -0.383 e. The van der Waals surface area contributed by atoms with Crippen LogP contribution in [0.25, 0.3) is 16.8 Å². The summed E-state index contributed by atoms with van der Waals surface area (Å²) >= 11 is 0. The van der Waals surface area contributed by atoms with Crippen LogP contribution in [0, 0.1) is 5.82 Å². The van der Waals surface area contributed by atoms with Crippen molar-refractivity contribution in [1.82, 2.24) is 14.6 Å². The number of nitrogens with one attached hydrogen (secondary N) is 2. The Morgan fingerprint density at radius 1 is 1.08 bits per heavy atom. The Kier molecular flexibility index (Phi) is 4.00. The van der Waals surface area contributed by atoms with E-state index in [1.807, 2.05) is 12.3 Å². The fourth-order valence-corrected chi connectivity index (χ4v) is 2.76. The third kappa shape index (κ3) is 2.90. The molecule has 3 aromatic rings. The lowest BCUT2D eigenvalue weighted by Gasteiger charge is -2.09. The first kappa shape index (κ1) is 14.9. The molecule has 0 fully saturated rings. The molecule has 2 aromatic heterocycles. The van der Waals surface area contributed by atoms with Crippen molar-refractivity contribution in [3.8, 4) is 11.1 Å². The maximum atomic E-state index is 14.4. The fraction of sp³-hybridized carbons (Fsp3) is 0.294. The molecule has 0 spiro atoms. The third-order valence-corrected chi connectivity index (χ3v) is 3.97. The molecule has 3 heterocycles. The van der Waals surface area contributed by atoms with E-state index in [1.54, 1.807) is 22.8 Å². The number of hydrogen-bond donors (Lipinski definition) is 2. The molecule has 7 heteroatoms. The molecule has 0 saturated heterocycles. The molecule has 0 saturated carbocycles. The number of benzene rings is 1. The molecule has 4 rings (SSSR count). The maximum Gasteiger partial charge on any atom is 0.165 e.